The zero-order valence-corrected chi connectivity index (χ0v) is 12.2. The lowest BCUT2D eigenvalue weighted by Crippen LogP contribution is -2.36. The normalized spacial score (nSPS) is 23.4. The number of benzene rings is 1. The van der Waals surface area contributed by atoms with Crippen molar-refractivity contribution in [3.8, 4) is 0 Å². The number of nitrogens with one attached hydrogen (secondary N) is 1. The van der Waals surface area contributed by atoms with E-state index in [0.717, 1.165) is 17.2 Å². The van der Waals surface area contributed by atoms with Gasteiger partial charge in [0.15, 0.2) is 0 Å². The van der Waals surface area contributed by atoms with E-state index < -0.39 is 0 Å². The molecule has 0 radical (unpaired) electrons. The number of anilines is 1. The highest BCUT2D eigenvalue weighted by molar-refractivity contribution is 5.55. The number of hydrogen-bond acceptors (Lipinski definition) is 2. The van der Waals surface area contributed by atoms with Gasteiger partial charge in [-0.1, -0.05) is 19.1 Å². The summed E-state index contributed by atoms with van der Waals surface area (Å²) < 4.78 is 14.2. The van der Waals surface area contributed by atoms with Crippen molar-refractivity contribution in [3.05, 3.63) is 29.6 Å². The van der Waals surface area contributed by atoms with E-state index in [1.54, 1.807) is 12.1 Å². The molecule has 1 saturated carbocycles. The first-order valence-corrected chi connectivity index (χ1v) is 7.28. The second-order valence-corrected chi connectivity index (χ2v) is 5.80. The predicted octanol–water partition coefficient (Wildman–Crippen LogP) is 3.56. The number of hydrogen-bond donors (Lipinski definition) is 1. The Hall–Kier alpha value is -1.09. The summed E-state index contributed by atoms with van der Waals surface area (Å²) in [5.41, 5.74) is 1.82. The molecular formula is C16H25FN2. The number of halogens is 1. The van der Waals surface area contributed by atoms with Gasteiger partial charge in [0.1, 0.15) is 5.82 Å². The average Bonchev–Trinajstić information content (AvgIpc) is 2.39. The van der Waals surface area contributed by atoms with Crippen molar-refractivity contribution in [1.29, 1.82) is 0 Å². The van der Waals surface area contributed by atoms with Gasteiger partial charge in [0.05, 0.1) is 5.69 Å². The third kappa shape index (κ3) is 3.27. The van der Waals surface area contributed by atoms with Crippen LogP contribution >= 0.6 is 0 Å². The highest BCUT2D eigenvalue weighted by Crippen LogP contribution is 2.32. The number of para-hydroxylation sites is 1. The summed E-state index contributed by atoms with van der Waals surface area (Å²) in [6.07, 6.45) is 4.85. The van der Waals surface area contributed by atoms with E-state index in [-0.39, 0.29) is 5.82 Å². The summed E-state index contributed by atoms with van der Waals surface area (Å²) in [5, 5.41) is 3.12. The van der Waals surface area contributed by atoms with E-state index in [4.69, 9.17) is 0 Å². The molecule has 3 heteroatoms. The fourth-order valence-electron chi connectivity index (χ4n) is 3.10. The summed E-state index contributed by atoms with van der Waals surface area (Å²) in [6, 6.07) is 5.85. The van der Waals surface area contributed by atoms with Crippen molar-refractivity contribution in [3.63, 3.8) is 0 Å². The lowest BCUT2D eigenvalue weighted by molar-refractivity contribution is 0.339. The van der Waals surface area contributed by atoms with Crippen LogP contribution in [0.1, 0.15) is 38.2 Å². The third-order valence-electron chi connectivity index (χ3n) is 4.32. The van der Waals surface area contributed by atoms with Crippen LogP contribution in [0.5, 0.6) is 0 Å². The lowest BCUT2D eigenvalue weighted by Gasteiger charge is -2.36. The van der Waals surface area contributed by atoms with E-state index in [1.165, 1.54) is 25.7 Å². The molecule has 0 heterocycles. The minimum Gasteiger partial charge on any atom is -0.369 e. The molecule has 0 unspecified atom stereocenters. The summed E-state index contributed by atoms with van der Waals surface area (Å²) >= 11 is 0. The molecule has 1 aliphatic carbocycles. The summed E-state index contributed by atoms with van der Waals surface area (Å²) in [5.74, 6) is 0.718. The van der Waals surface area contributed by atoms with Crippen LogP contribution in [0.3, 0.4) is 0 Å². The minimum atomic E-state index is -0.103. The second-order valence-electron chi connectivity index (χ2n) is 5.80. The maximum Gasteiger partial charge on any atom is 0.146 e. The molecule has 0 bridgehead atoms. The van der Waals surface area contributed by atoms with Crippen LogP contribution < -0.4 is 10.2 Å². The smallest absolute Gasteiger partial charge is 0.146 e. The summed E-state index contributed by atoms with van der Waals surface area (Å²) in [4.78, 5) is 2.16. The van der Waals surface area contributed by atoms with E-state index in [1.807, 2.05) is 20.2 Å². The zero-order chi connectivity index (χ0) is 13.8. The van der Waals surface area contributed by atoms with Crippen LogP contribution in [-0.4, -0.2) is 20.1 Å². The van der Waals surface area contributed by atoms with Gasteiger partial charge in [-0.25, -0.2) is 4.39 Å². The molecule has 1 N–H and O–H groups in total. The Morgan fingerprint density at radius 1 is 1.26 bits per heavy atom. The molecule has 0 amide bonds. The lowest BCUT2D eigenvalue weighted by atomic mass is 9.86. The molecule has 1 aromatic carbocycles. The number of nitrogens with zero attached hydrogens (tertiary/aromatic N) is 1. The van der Waals surface area contributed by atoms with Crippen molar-refractivity contribution in [2.45, 2.75) is 45.2 Å². The van der Waals surface area contributed by atoms with Gasteiger partial charge in [0, 0.05) is 19.6 Å². The first-order chi connectivity index (χ1) is 9.13. The fourth-order valence-corrected chi connectivity index (χ4v) is 3.10. The molecule has 0 saturated heterocycles. The Bertz CT molecular complexity index is 411. The minimum absolute atomic E-state index is 0.103. The van der Waals surface area contributed by atoms with Gasteiger partial charge in [0.2, 0.25) is 0 Å². The molecule has 1 aromatic rings. The van der Waals surface area contributed by atoms with Crippen LogP contribution in [-0.2, 0) is 6.54 Å². The van der Waals surface area contributed by atoms with Gasteiger partial charge in [-0.2, -0.15) is 0 Å². The van der Waals surface area contributed by atoms with E-state index in [2.05, 4.69) is 17.1 Å². The van der Waals surface area contributed by atoms with Gasteiger partial charge in [-0.15, -0.1) is 0 Å². The van der Waals surface area contributed by atoms with Crippen LogP contribution in [0.15, 0.2) is 18.2 Å². The van der Waals surface area contributed by atoms with Crippen LogP contribution in [0.2, 0.25) is 0 Å². The summed E-state index contributed by atoms with van der Waals surface area (Å²) in [7, 11) is 3.94. The molecule has 0 aliphatic heterocycles. The van der Waals surface area contributed by atoms with Crippen molar-refractivity contribution < 1.29 is 4.39 Å². The first kappa shape index (κ1) is 14.3. The van der Waals surface area contributed by atoms with E-state index >= 15 is 0 Å². The topological polar surface area (TPSA) is 15.3 Å². The van der Waals surface area contributed by atoms with E-state index in [9.17, 15) is 4.39 Å². The SMILES string of the molecule is CNCc1cccc(F)c1N(C)C1CCC(C)CC1. The van der Waals surface area contributed by atoms with Gasteiger partial charge < -0.3 is 10.2 Å². The molecule has 2 rings (SSSR count). The van der Waals surface area contributed by atoms with Crippen molar-refractivity contribution >= 4 is 5.69 Å². The maximum absolute atomic E-state index is 14.2. The Balaban J connectivity index is 2.20. The van der Waals surface area contributed by atoms with Crippen LogP contribution in [0.4, 0.5) is 10.1 Å². The highest BCUT2D eigenvalue weighted by atomic mass is 19.1. The van der Waals surface area contributed by atoms with Gasteiger partial charge >= 0.3 is 0 Å². The molecule has 2 nitrogen and oxygen atoms in total. The Morgan fingerprint density at radius 2 is 1.95 bits per heavy atom. The van der Waals surface area contributed by atoms with Crippen molar-refractivity contribution in [2.24, 2.45) is 5.92 Å². The van der Waals surface area contributed by atoms with E-state index in [0.29, 0.717) is 12.6 Å². The molecule has 0 spiro atoms. The van der Waals surface area contributed by atoms with Crippen LogP contribution in [0, 0.1) is 11.7 Å². The second kappa shape index (κ2) is 6.38. The zero-order valence-electron chi connectivity index (χ0n) is 12.2. The van der Waals surface area contributed by atoms with Gasteiger partial charge in [0.25, 0.3) is 0 Å². The van der Waals surface area contributed by atoms with Gasteiger partial charge in [-0.3, -0.25) is 0 Å². The van der Waals surface area contributed by atoms with Crippen molar-refractivity contribution in [2.75, 3.05) is 19.0 Å². The molecule has 0 atom stereocenters. The highest BCUT2D eigenvalue weighted by Gasteiger charge is 2.24. The average molecular weight is 264 g/mol. The fraction of sp³-hybridized carbons (Fsp3) is 0.625. The maximum atomic E-state index is 14.2. The predicted molar refractivity (Wildman–Crippen MR) is 79.0 cm³/mol. The van der Waals surface area contributed by atoms with Gasteiger partial charge in [-0.05, 0) is 50.3 Å². The Labute approximate surface area is 116 Å². The first-order valence-electron chi connectivity index (χ1n) is 7.28. The molecule has 1 fully saturated rings. The molecule has 19 heavy (non-hydrogen) atoms. The molecular weight excluding hydrogens is 239 g/mol. The van der Waals surface area contributed by atoms with Crippen molar-refractivity contribution in [1.82, 2.24) is 5.32 Å². The largest absolute Gasteiger partial charge is 0.369 e. The third-order valence-corrected chi connectivity index (χ3v) is 4.32. The standard InChI is InChI=1S/C16H25FN2/c1-12-7-9-14(10-8-12)19(3)16-13(11-18-2)5-4-6-15(16)17/h4-6,12,14,18H,7-11H2,1-3H3. The Kier molecular flexibility index (Phi) is 4.81. The molecule has 1 aliphatic rings. The molecule has 0 aromatic heterocycles. The monoisotopic (exact) mass is 264 g/mol. The quantitative estimate of drug-likeness (QED) is 0.894. The van der Waals surface area contributed by atoms with Crippen LogP contribution in [0.25, 0.3) is 0 Å². The Morgan fingerprint density at radius 3 is 2.58 bits per heavy atom. The number of rotatable bonds is 4. The molecule has 106 valence electrons. The summed E-state index contributed by atoms with van der Waals surface area (Å²) in [6.45, 7) is 3.02.